The molecule has 1 aromatic rings. The van der Waals surface area contributed by atoms with Gasteiger partial charge in [0.2, 0.25) is 0 Å². The third kappa shape index (κ3) is 6.23. The minimum Gasteiger partial charge on any atom is -0.333 e. The summed E-state index contributed by atoms with van der Waals surface area (Å²) in [5, 5.41) is 6.18. The number of aryl methyl sites for hydroxylation is 1. The van der Waals surface area contributed by atoms with Crippen molar-refractivity contribution in [3.8, 4) is 0 Å². The summed E-state index contributed by atoms with van der Waals surface area (Å²) < 4.78 is 0. The fourth-order valence-electron chi connectivity index (χ4n) is 5.80. The van der Waals surface area contributed by atoms with Crippen molar-refractivity contribution in [1.29, 1.82) is 0 Å². The number of nitrogens with one attached hydrogen (secondary N) is 2. The van der Waals surface area contributed by atoms with Crippen LogP contribution in [-0.2, 0) is 0 Å². The molecule has 0 radical (unpaired) electrons. The highest BCUT2D eigenvalue weighted by Gasteiger charge is 2.51. The van der Waals surface area contributed by atoms with Crippen LogP contribution in [-0.4, -0.2) is 78.1 Å². The van der Waals surface area contributed by atoms with Crippen molar-refractivity contribution in [2.24, 2.45) is 17.3 Å². The smallest absolute Gasteiger partial charge is 0.322 e. The van der Waals surface area contributed by atoms with Crippen molar-refractivity contribution in [2.45, 2.75) is 59.9 Å². The fraction of sp³-hybridized carbons (Fsp3) is 0.655. The van der Waals surface area contributed by atoms with Gasteiger partial charge >= 0.3 is 12.1 Å². The molecule has 0 spiro atoms. The molecule has 36 heavy (non-hydrogen) atoms. The van der Waals surface area contributed by atoms with E-state index in [2.05, 4.69) is 35.5 Å². The molecule has 7 nitrogen and oxygen atoms in total. The number of piperazine rings is 1. The number of amides is 4. The third-order valence-electron chi connectivity index (χ3n) is 8.37. The van der Waals surface area contributed by atoms with Crippen molar-refractivity contribution in [2.75, 3.05) is 51.1 Å². The minimum absolute atomic E-state index is 0.00639. The Balaban J connectivity index is 1.36. The molecule has 1 heterocycles. The third-order valence-corrected chi connectivity index (χ3v) is 8.37. The second-order valence-electron chi connectivity index (χ2n) is 12.5. The number of urea groups is 2. The first-order chi connectivity index (χ1) is 16.9. The number of allylic oxidation sites excluding steroid dienone is 1. The molecular weight excluding hydrogens is 450 g/mol. The summed E-state index contributed by atoms with van der Waals surface area (Å²) in [7, 11) is 0. The van der Waals surface area contributed by atoms with Crippen LogP contribution in [0.1, 0.15) is 53.0 Å². The Hall–Kier alpha value is -2.54. The van der Waals surface area contributed by atoms with E-state index in [0.29, 0.717) is 37.5 Å². The van der Waals surface area contributed by atoms with Gasteiger partial charge in [-0.05, 0) is 69.9 Å². The molecule has 0 aromatic heterocycles. The second kappa shape index (κ2) is 10.4. The zero-order chi connectivity index (χ0) is 26.1. The molecular formula is C29H45N5O2. The van der Waals surface area contributed by atoms with Gasteiger partial charge < -0.3 is 20.4 Å². The van der Waals surface area contributed by atoms with E-state index < -0.39 is 0 Å². The van der Waals surface area contributed by atoms with Crippen LogP contribution in [0.3, 0.4) is 0 Å². The number of carbonyl (C=O) groups is 2. The van der Waals surface area contributed by atoms with E-state index in [-0.39, 0.29) is 17.6 Å². The molecule has 1 saturated heterocycles. The maximum Gasteiger partial charge on any atom is 0.322 e. The Kier molecular flexibility index (Phi) is 7.69. The van der Waals surface area contributed by atoms with Crippen LogP contribution in [0.4, 0.5) is 15.3 Å². The van der Waals surface area contributed by atoms with Crippen molar-refractivity contribution < 1.29 is 9.59 Å². The van der Waals surface area contributed by atoms with E-state index in [9.17, 15) is 9.59 Å². The predicted molar refractivity (Wildman–Crippen MR) is 146 cm³/mol. The zero-order valence-electron chi connectivity index (χ0n) is 23.1. The molecule has 3 aliphatic carbocycles. The normalized spacial score (nSPS) is 23.4. The predicted octanol–water partition coefficient (Wildman–Crippen LogP) is 4.95. The topological polar surface area (TPSA) is 67.9 Å². The molecule has 4 amide bonds. The average molecular weight is 496 g/mol. The van der Waals surface area contributed by atoms with Crippen molar-refractivity contribution in [3.05, 3.63) is 41.5 Å². The quantitative estimate of drug-likeness (QED) is 0.549. The highest BCUT2D eigenvalue weighted by atomic mass is 16.2. The monoisotopic (exact) mass is 495 g/mol. The lowest BCUT2D eigenvalue weighted by molar-refractivity contribution is -0.00969. The van der Waals surface area contributed by atoms with Crippen LogP contribution in [0.5, 0.6) is 0 Å². The maximum absolute atomic E-state index is 13.4. The summed E-state index contributed by atoms with van der Waals surface area (Å²) in [6, 6.07) is 7.94. The molecule has 7 heteroatoms. The first-order valence-electron chi connectivity index (χ1n) is 13.5. The standard InChI is InChI=1S/C29H45N5O2/c1-21-7-11-24(12-8-21)30-26(35)34(20-22-9-10-23-19-25(22)29(23,5)6)18-15-32-13-16-33(17-14-32)27(36)31-28(2,3)4/h7-9,11-12,23,25H,10,13-20H2,1-6H3,(H,30,35)(H,31,36). The summed E-state index contributed by atoms with van der Waals surface area (Å²) in [5.74, 6) is 1.36. The Labute approximate surface area is 217 Å². The number of rotatable bonds is 6. The number of anilines is 1. The van der Waals surface area contributed by atoms with Gasteiger partial charge in [-0.15, -0.1) is 0 Å². The van der Waals surface area contributed by atoms with Crippen molar-refractivity contribution in [3.63, 3.8) is 0 Å². The van der Waals surface area contributed by atoms with Crippen molar-refractivity contribution in [1.82, 2.24) is 20.0 Å². The van der Waals surface area contributed by atoms with Gasteiger partial charge in [0.05, 0.1) is 0 Å². The van der Waals surface area contributed by atoms with E-state index in [0.717, 1.165) is 37.7 Å². The first kappa shape index (κ1) is 26.5. The second-order valence-corrected chi connectivity index (χ2v) is 12.5. The maximum atomic E-state index is 13.4. The highest BCUT2D eigenvalue weighted by molar-refractivity contribution is 5.89. The van der Waals surface area contributed by atoms with E-state index in [1.165, 1.54) is 17.6 Å². The van der Waals surface area contributed by atoms with Gasteiger partial charge in [-0.2, -0.15) is 0 Å². The number of benzene rings is 1. The number of hydrogen-bond acceptors (Lipinski definition) is 3. The van der Waals surface area contributed by atoms with Gasteiger partial charge in [0, 0.05) is 57.0 Å². The van der Waals surface area contributed by atoms with Crippen LogP contribution in [0.25, 0.3) is 0 Å². The van der Waals surface area contributed by atoms with Gasteiger partial charge in [-0.25, -0.2) is 9.59 Å². The summed E-state index contributed by atoms with van der Waals surface area (Å²) in [6.45, 7) is 18.0. The zero-order valence-corrected chi connectivity index (χ0v) is 23.1. The number of fused-ring (bicyclic) bond motifs is 1. The van der Waals surface area contributed by atoms with Gasteiger partial charge in [0.25, 0.3) is 0 Å². The summed E-state index contributed by atoms with van der Waals surface area (Å²) >= 11 is 0. The van der Waals surface area contributed by atoms with E-state index in [4.69, 9.17) is 0 Å². The van der Waals surface area contributed by atoms with Crippen molar-refractivity contribution >= 4 is 17.7 Å². The Morgan fingerprint density at radius 1 is 1.08 bits per heavy atom. The summed E-state index contributed by atoms with van der Waals surface area (Å²) in [6.07, 6.45) is 4.78. The largest absolute Gasteiger partial charge is 0.333 e. The lowest BCUT2D eigenvalue weighted by Crippen LogP contribution is -2.56. The Morgan fingerprint density at radius 3 is 2.33 bits per heavy atom. The van der Waals surface area contributed by atoms with E-state index >= 15 is 0 Å². The van der Waals surface area contributed by atoms with Gasteiger partial charge in [0.1, 0.15) is 0 Å². The molecule has 2 bridgehead atoms. The van der Waals surface area contributed by atoms with Crippen LogP contribution >= 0.6 is 0 Å². The number of nitrogens with zero attached hydrogens (tertiary/aromatic N) is 3. The van der Waals surface area contributed by atoms with Crippen LogP contribution in [0.2, 0.25) is 0 Å². The first-order valence-corrected chi connectivity index (χ1v) is 13.5. The van der Waals surface area contributed by atoms with Crippen LogP contribution in [0, 0.1) is 24.2 Å². The van der Waals surface area contributed by atoms with Crippen LogP contribution in [0.15, 0.2) is 35.9 Å². The lowest BCUT2D eigenvalue weighted by Gasteiger charge is -2.57. The number of carbonyl (C=O) groups excluding carboxylic acids is 2. The SMILES string of the molecule is Cc1ccc(NC(=O)N(CCN2CCN(C(=O)NC(C)(C)C)CC2)CC2=CCC3CC2C3(C)C)cc1. The molecule has 2 N–H and O–H groups in total. The highest BCUT2D eigenvalue weighted by Crippen LogP contribution is 2.59. The summed E-state index contributed by atoms with van der Waals surface area (Å²) in [5.41, 5.74) is 3.53. The molecule has 4 aliphatic rings. The summed E-state index contributed by atoms with van der Waals surface area (Å²) in [4.78, 5) is 32.2. The van der Waals surface area contributed by atoms with Gasteiger partial charge in [-0.1, -0.05) is 43.2 Å². The Bertz CT molecular complexity index is 970. The average Bonchev–Trinajstić information content (AvgIpc) is 2.82. The van der Waals surface area contributed by atoms with E-state index in [1.807, 2.05) is 61.8 Å². The molecule has 198 valence electrons. The molecule has 5 rings (SSSR count). The molecule has 1 aromatic carbocycles. The number of hydrogen-bond donors (Lipinski definition) is 2. The van der Waals surface area contributed by atoms with Crippen LogP contribution < -0.4 is 10.6 Å². The van der Waals surface area contributed by atoms with E-state index in [1.54, 1.807) is 0 Å². The molecule has 2 unspecified atom stereocenters. The van der Waals surface area contributed by atoms with Gasteiger partial charge in [-0.3, -0.25) is 4.90 Å². The molecule has 1 aliphatic heterocycles. The Morgan fingerprint density at radius 2 is 1.75 bits per heavy atom. The molecule has 2 atom stereocenters. The minimum atomic E-state index is -0.234. The van der Waals surface area contributed by atoms with Gasteiger partial charge in [0.15, 0.2) is 0 Å². The molecule has 2 fully saturated rings. The molecule has 1 saturated carbocycles. The fourth-order valence-corrected chi connectivity index (χ4v) is 5.80. The lowest BCUT2D eigenvalue weighted by atomic mass is 9.49.